The predicted molar refractivity (Wildman–Crippen MR) is 116 cm³/mol. The molecule has 158 valence electrons. The predicted octanol–water partition coefficient (Wildman–Crippen LogP) is 2.44. The summed E-state index contributed by atoms with van der Waals surface area (Å²) in [6.45, 7) is 4.42. The number of sulfonamides is 1. The topological polar surface area (TPSA) is 95.6 Å². The Kier molecular flexibility index (Phi) is 5.15. The van der Waals surface area contributed by atoms with E-state index in [-0.39, 0.29) is 24.3 Å². The van der Waals surface area contributed by atoms with Crippen LogP contribution < -0.4 is 10.0 Å². The molecule has 4 rings (SSSR count). The molecule has 0 saturated carbocycles. The normalized spacial score (nSPS) is 21.5. The van der Waals surface area contributed by atoms with Gasteiger partial charge in [0.1, 0.15) is 6.04 Å². The van der Waals surface area contributed by atoms with Crippen LogP contribution in [-0.2, 0) is 14.8 Å². The molecule has 0 aromatic heterocycles. The quantitative estimate of drug-likeness (QED) is 0.787. The molecule has 2 aliphatic rings. The number of rotatable bonds is 3. The van der Waals surface area contributed by atoms with E-state index >= 15 is 0 Å². The standard InChI is InChI=1S/C22H25N3O4S/c1-13-5-4-6-17(14(13)2)15-7-8-19-18(11-15)22(27)25-10-9-16(24-30(3,28)29)12-20(25)21(26)23-19/h4-8,11,16,20,24H,9-10,12H2,1-3H3,(H,23,26)/t16-,20-/m0/s1. The fourth-order valence-corrected chi connectivity index (χ4v) is 5.12. The van der Waals surface area contributed by atoms with Gasteiger partial charge >= 0.3 is 0 Å². The molecule has 1 saturated heterocycles. The summed E-state index contributed by atoms with van der Waals surface area (Å²) in [6, 6.07) is 10.5. The van der Waals surface area contributed by atoms with Gasteiger partial charge in [0, 0.05) is 12.6 Å². The lowest BCUT2D eigenvalue weighted by molar-refractivity contribution is -0.121. The van der Waals surface area contributed by atoms with E-state index in [4.69, 9.17) is 0 Å². The van der Waals surface area contributed by atoms with E-state index in [1.807, 2.05) is 37.3 Å². The molecule has 2 aromatic rings. The highest BCUT2D eigenvalue weighted by Crippen LogP contribution is 2.33. The first-order chi connectivity index (χ1) is 14.1. The van der Waals surface area contributed by atoms with Crippen molar-refractivity contribution in [3.05, 3.63) is 53.1 Å². The maximum atomic E-state index is 13.3. The third-order valence-electron chi connectivity index (χ3n) is 5.97. The Morgan fingerprint density at radius 3 is 2.60 bits per heavy atom. The first-order valence-electron chi connectivity index (χ1n) is 9.94. The minimum atomic E-state index is -3.38. The summed E-state index contributed by atoms with van der Waals surface area (Å²) < 4.78 is 25.7. The maximum Gasteiger partial charge on any atom is 0.256 e. The van der Waals surface area contributed by atoms with Gasteiger partial charge in [0.2, 0.25) is 15.9 Å². The van der Waals surface area contributed by atoms with Gasteiger partial charge in [-0.25, -0.2) is 13.1 Å². The van der Waals surface area contributed by atoms with Crippen LogP contribution in [0, 0.1) is 13.8 Å². The smallest absolute Gasteiger partial charge is 0.256 e. The van der Waals surface area contributed by atoms with Crippen molar-refractivity contribution in [3.8, 4) is 11.1 Å². The summed E-state index contributed by atoms with van der Waals surface area (Å²) in [6.07, 6.45) is 1.82. The van der Waals surface area contributed by atoms with Crippen LogP contribution in [0.15, 0.2) is 36.4 Å². The van der Waals surface area contributed by atoms with E-state index in [0.717, 1.165) is 22.9 Å². The zero-order chi connectivity index (χ0) is 21.6. The highest BCUT2D eigenvalue weighted by molar-refractivity contribution is 7.88. The lowest BCUT2D eigenvalue weighted by Gasteiger charge is -2.37. The van der Waals surface area contributed by atoms with Crippen molar-refractivity contribution < 1.29 is 18.0 Å². The molecule has 0 unspecified atom stereocenters. The Labute approximate surface area is 176 Å². The number of hydrogen-bond acceptors (Lipinski definition) is 4. The van der Waals surface area contributed by atoms with Gasteiger partial charge in [0.05, 0.1) is 17.5 Å². The van der Waals surface area contributed by atoms with E-state index in [1.54, 1.807) is 11.0 Å². The van der Waals surface area contributed by atoms with Gasteiger partial charge in [-0.3, -0.25) is 9.59 Å². The zero-order valence-corrected chi connectivity index (χ0v) is 18.0. The summed E-state index contributed by atoms with van der Waals surface area (Å²) in [4.78, 5) is 27.7. The average Bonchev–Trinajstić information content (AvgIpc) is 2.78. The van der Waals surface area contributed by atoms with Gasteiger partial charge in [0.25, 0.3) is 5.91 Å². The average molecular weight is 428 g/mol. The number of nitrogens with one attached hydrogen (secondary N) is 2. The van der Waals surface area contributed by atoms with Crippen molar-refractivity contribution in [2.45, 2.75) is 38.8 Å². The molecule has 2 N–H and O–H groups in total. The molecular formula is C22H25N3O4S. The molecule has 2 atom stereocenters. The molecule has 8 heteroatoms. The SMILES string of the molecule is Cc1cccc(-c2ccc3c(c2)C(=O)N2CC[C@H](NS(C)(=O)=O)C[C@H]2C(=O)N3)c1C. The van der Waals surface area contributed by atoms with Gasteiger partial charge in [-0.15, -0.1) is 0 Å². The minimum absolute atomic E-state index is 0.210. The molecule has 0 radical (unpaired) electrons. The fourth-order valence-electron chi connectivity index (χ4n) is 4.30. The Balaban J connectivity index is 1.68. The molecule has 7 nitrogen and oxygen atoms in total. The maximum absolute atomic E-state index is 13.3. The number of amides is 2. The third-order valence-corrected chi connectivity index (χ3v) is 6.73. The van der Waals surface area contributed by atoms with Crippen LogP contribution in [0.4, 0.5) is 5.69 Å². The second-order valence-corrected chi connectivity index (χ2v) is 9.90. The number of anilines is 1. The van der Waals surface area contributed by atoms with Crippen molar-refractivity contribution in [1.29, 1.82) is 0 Å². The van der Waals surface area contributed by atoms with E-state index in [0.29, 0.717) is 24.2 Å². The Morgan fingerprint density at radius 2 is 1.87 bits per heavy atom. The molecule has 0 aliphatic carbocycles. The van der Waals surface area contributed by atoms with Crippen LogP contribution in [0.2, 0.25) is 0 Å². The summed E-state index contributed by atoms with van der Waals surface area (Å²) in [5.41, 5.74) is 5.23. The van der Waals surface area contributed by atoms with Crippen LogP contribution in [0.3, 0.4) is 0 Å². The second kappa shape index (κ2) is 7.52. The largest absolute Gasteiger partial charge is 0.326 e. The van der Waals surface area contributed by atoms with Crippen molar-refractivity contribution in [1.82, 2.24) is 9.62 Å². The van der Waals surface area contributed by atoms with Gasteiger partial charge in [0.15, 0.2) is 0 Å². The molecular weight excluding hydrogens is 402 g/mol. The summed E-state index contributed by atoms with van der Waals surface area (Å²) >= 11 is 0. The Bertz CT molecular complexity index is 1140. The second-order valence-electron chi connectivity index (χ2n) is 8.12. The van der Waals surface area contributed by atoms with Gasteiger partial charge in [-0.05, 0) is 61.1 Å². The number of fused-ring (bicyclic) bond motifs is 2. The van der Waals surface area contributed by atoms with Gasteiger partial charge in [-0.2, -0.15) is 0 Å². The molecule has 0 spiro atoms. The fraction of sp³-hybridized carbons (Fsp3) is 0.364. The Hall–Kier alpha value is -2.71. The van der Waals surface area contributed by atoms with Crippen molar-refractivity contribution in [3.63, 3.8) is 0 Å². The van der Waals surface area contributed by atoms with Crippen molar-refractivity contribution in [2.24, 2.45) is 0 Å². The van der Waals surface area contributed by atoms with Crippen LogP contribution in [0.1, 0.15) is 34.3 Å². The van der Waals surface area contributed by atoms with E-state index in [1.165, 1.54) is 5.56 Å². The number of nitrogens with zero attached hydrogens (tertiary/aromatic N) is 1. The number of aryl methyl sites for hydroxylation is 1. The Morgan fingerprint density at radius 1 is 1.10 bits per heavy atom. The third kappa shape index (κ3) is 3.85. The molecule has 1 fully saturated rings. The van der Waals surface area contributed by atoms with Crippen molar-refractivity contribution >= 4 is 27.5 Å². The van der Waals surface area contributed by atoms with Gasteiger partial charge < -0.3 is 10.2 Å². The first-order valence-corrected chi connectivity index (χ1v) is 11.8. The summed E-state index contributed by atoms with van der Waals surface area (Å²) in [5.74, 6) is -0.500. The zero-order valence-electron chi connectivity index (χ0n) is 17.2. The van der Waals surface area contributed by atoms with Gasteiger partial charge in [-0.1, -0.05) is 24.3 Å². The molecule has 30 heavy (non-hydrogen) atoms. The lowest BCUT2D eigenvalue weighted by atomic mass is 9.94. The van der Waals surface area contributed by atoms with Crippen LogP contribution >= 0.6 is 0 Å². The monoisotopic (exact) mass is 427 g/mol. The molecule has 2 aliphatic heterocycles. The highest BCUT2D eigenvalue weighted by Gasteiger charge is 2.40. The number of carbonyl (C=O) groups is 2. The van der Waals surface area contributed by atoms with E-state index < -0.39 is 16.1 Å². The minimum Gasteiger partial charge on any atom is -0.326 e. The van der Waals surface area contributed by atoms with Crippen LogP contribution in [0.25, 0.3) is 11.1 Å². The number of benzene rings is 2. The summed E-state index contributed by atoms with van der Waals surface area (Å²) in [5, 5.41) is 2.86. The van der Waals surface area contributed by atoms with Crippen LogP contribution in [0.5, 0.6) is 0 Å². The molecule has 0 bridgehead atoms. The van der Waals surface area contributed by atoms with E-state index in [9.17, 15) is 18.0 Å². The highest BCUT2D eigenvalue weighted by atomic mass is 32.2. The van der Waals surface area contributed by atoms with Crippen molar-refractivity contribution in [2.75, 3.05) is 18.1 Å². The lowest BCUT2D eigenvalue weighted by Crippen LogP contribution is -2.54. The first kappa shape index (κ1) is 20.6. The van der Waals surface area contributed by atoms with E-state index in [2.05, 4.69) is 17.0 Å². The molecule has 2 amide bonds. The number of carbonyl (C=O) groups excluding carboxylic acids is 2. The number of hydrogen-bond donors (Lipinski definition) is 2. The molecule has 2 aromatic carbocycles. The summed E-state index contributed by atoms with van der Waals surface area (Å²) in [7, 11) is -3.38. The van der Waals surface area contributed by atoms with Crippen LogP contribution in [-0.4, -0.2) is 50.0 Å². The number of piperidine rings is 1. The molecule has 2 heterocycles.